The summed E-state index contributed by atoms with van der Waals surface area (Å²) in [4.78, 5) is 8.89. The Hall–Kier alpha value is -1.13. The first-order chi connectivity index (χ1) is 8.99. The Kier molecular flexibility index (Phi) is 6.25. The van der Waals surface area contributed by atoms with E-state index >= 15 is 0 Å². The van der Waals surface area contributed by atoms with E-state index in [0.717, 1.165) is 24.5 Å². The molecule has 19 heavy (non-hydrogen) atoms. The van der Waals surface area contributed by atoms with Crippen molar-refractivity contribution in [2.45, 2.75) is 39.3 Å². The van der Waals surface area contributed by atoms with Crippen LogP contribution in [0.2, 0.25) is 0 Å². The second-order valence-electron chi connectivity index (χ2n) is 5.26. The third-order valence-electron chi connectivity index (χ3n) is 3.33. The zero-order valence-corrected chi connectivity index (χ0v) is 12.8. The van der Waals surface area contributed by atoms with E-state index in [1.54, 1.807) is 0 Å². The quantitative estimate of drug-likeness (QED) is 0.821. The lowest BCUT2D eigenvalue weighted by Crippen LogP contribution is -2.40. The average Bonchev–Trinajstić information content (AvgIpc) is 2.38. The predicted molar refractivity (Wildman–Crippen MR) is 80.5 cm³/mol. The molecular weight excluding hydrogens is 238 g/mol. The molecule has 1 aromatic heterocycles. The Morgan fingerprint density at radius 1 is 1.26 bits per heavy atom. The molecule has 0 aliphatic heterocycles. The minimum atomic E-state index is -0.455. The highest BCUT2D eigenvalue weighted by atomic mass is 16.3. The monoisotopic (exact) mass is 265 g/mol. The maximum absolute atomic E-state index is 9.76. The summed E-state index contributed by atoms with van der Waals surface area (Å²) in [5.74, 6) is 0. The number of hydrogen-bond donors (Lipinski definition) is 1. The van der Waals surface area contributed by atoms with Crippen LogP contribution in [0.3, 0.4) is 0 Å². The van der Waals surface area contributed by atoms with E-state index in [1.807, 2.05) is 19.2 Å². The largest absolute Gasteiger partial charge is 0.387 e. The number of aliphatic hydroxyl groups excluding tert-OH is 1. The predicted octanol–water partition coefficient (Wildman–Crippen LogP) is 2.30. The highest BCUT2D eigenvalue weighted by molar-refractivity contribution is 5.45. The second-order valence-corrected chi connectivity index (χ2v) is 5.26. The topological polar surface area (TPSA) is 39.6 Å². The summed E-state index contributed by atoms with van der Waals surface area (Å²) in [6.07, 6.45) is 2.11. The summed E-state index contributed by atoms with van der Waals surface area (Å²) in [5, 5.41) is 9.76. The van der Waals surface area contributed by atoms with Gasteiger partial charge in [-0.2, -0.15) is 0 Å². The van der Waals surface area contributed by atoms with Crippen molar-refractivity contribution in [2.75, 3.05) is 32.1 Å². The number of aromatic nitrogens is 1. The highest BCUT2D eigenvalue weighted by Crippen LogP contribution is 2.20. The number of hydrogen-bond acceptors (Lipinski definition) is 4. The van der Waals surface area contributed by atoms with Gasteiger partial charge < -0.3 is 14.9 Å². The fraction of sp³-hybridized carbons (Fsp3) is 0.667. The van der Waals surface area contributed by atoms with Gasteiger partial charge in [0.1, 0.15) is 0 Å². The van der Waals surface area contributed by atoms with Gasteiger partial charge in [0.05, 0.1) is 23.7 Å². The second kappa shape index (κ2) is 7.46. The van der Waals surface area contributed by atoms with Crippen LogP contribution in [0.5, 0.6) is 0 Å². The lowest BCUT2D eigenvalue weighted by Gasteiger charge is -2.32. The van der Waals surface area contributed by atoms with Crippen molar-refractivity contribution in [1.82, 2.24) is 9.88 Å². The standard InChI is InChI=1S/C15H27N3O/c1-6-15(19)14-9-8-13(10-16-14)18(7-2)12(3)11-17(4)5/h8-10,12,15,19H,6-7,11H2,1-5H3/t12?,15-/m1/s1. The van der Waals surface area contributed by atoms with Crippen LogP contribution in [-0.2, 0) is 0 Å². The van der Waals surface area contributed by atoms with E-state index in [2.05, 4.69) is 48.8 Å². The molecule has 0 saturated carbocycles. The van der Waals surface area contributed by atoms with Gasteiger partial charge in [0.25, 0.3) is 0 Å². The van der Waals surface area contributed by atoms with Crippen LogP contribution in [0.4, 0.5) is 5.69 Å². The van der Waals surface area contributed by atoms with Gasteiger partial charge in [-0.1, -0.05) is 6.92 Å². The van der Waals surface area contributed by atoms with E-state index < -0.39 is 6.10 Å². The minimum Gasteiger partial charge on any atom is -0.387 e. The normalized spacial score (nSPS) is 14.5. The van der Waals surface area contributed by atoms with Gasteiger partial charge in [-0.25, -0.2) is 0 Å². The van der Waals surface area contributed by atoms with Crippen molar-refractivity contribution in [3.8, 4) is 0 Å². The first kappa shape index (κ1) is 15.9. The van der Waals surface area contributed by atoms with Crippen LogP contribution < -0.4 is 4.90 Å². The Balaban J connectivity index is 2.81. The zero-order chi connectivity index (χ0) is 14.4. The van der Waals surface area contributed by atoms with Crippen LogP contribution in [0, 0.1) is 0 Å². The van der Waals surface area contributed by atoms with Gasteiger partial charge in [0, 0.05) is 19.1 Å². The first-order valence-corrected chi connectivity index (χ1v) is 7.04. The molecule has 1 heterocycles. The smallest absolute Gasteiger partial charge is 0.0957 e. The van der Waals surface area contributed by atoms with E-state index in [0.29, 0.717) is 12.5 Å². The molecule has 4 heteroatoms. The fourth-order valence-corrected chi connectivity index (χ4v) is 2.35. The molecule has 1 unspecified atom stereocenters. The molecule has 108 valence electrons. The lowest BCUT2D eigenvalue weighted by molar-refractivity contribution is 0.169. The summed E-state index contributed by atoms with van der Waals surface area (Å²) in [6.45, 7) is 8.29. The fourth-order valence-electron chi connectivity index (χ4n) is 2.35. The Bertz CT molecular complexity index is 364. The SMILES string of the molecule is CC[C@@H](O)c1ccc(N(CC)C(C)CN(C)C)cn1. The summed E-state index contributed by atoms with van der Waals surface area (Å²) < 4.78 is 0. The molecule has 0 amide bonds. The average molecular weight is 265 g/mol. The minimum absolute atomic E-state index is 0.434. The van der Waals surface area contributed by atoms with Gasteiger partial charge in [-0.15, -0.1) is 0 Å². The van der Waals surface area contributed by atoms with E-state index in [9.17, 15) is 5.11 Å². The van der Waals surface area contributed by atoms with Crippen molar-refractivity contribution in [3.05, 3.63) is 24.0 Å². The molecule has 1 rings (SSSR count). The van der Waals surface area contributed by atoms with Gasteiger partial charge in [-0.05, 0) is 46.5 Å². The Morgan fingerprint density at radius 3 is 2.37 bits per heavy atom. The van der Waals surface area contributed by atoms with Crippen LogP contribution in [0.15, 0.2) is 18.3 Å². The molecule has 2 atom stereocenters. The van der Waals surface area contributed by atoms with E-state index in [-0.39, 0.29) is 0 Å². The molecule has 0 bridgehead atoms. The maximum Gasteiger partial charge on any atom is 0.0957 e. The van der Waals surface area contributed by atoms with Crippen molar-refractivity contribution >= 4 is 5.69 Å². The van der Waals surface area contributed by atoms with Gasteiger partial charge in [0.15, 0.2) is 0 Å². The van der Waals surface area contributed by atoms with E-state index in [1.165, 1.54) is 0 Å². The third-order valence-corrected chi connectivity index (χ3v) is 3.33. The van der Waals surface area contributed by atoms with Crippen LogP contribution in [0.1, 0.15) is 39.0 Å². The summed E-state index contributed by atoms with van der Waals surface area (Å²) in [7, 11) is 4.17. The summed E-state index contributed by atoms with van der Waals surface area (Å²) in [6, 6.07) is 4.41. The number of anilines is 1. The number of pyridine rings is 1. The number of likely N-dealkylation sites (N-methyl/N-ethyl adjacent to an activating group) is 2. The highest BCUT2D eigenvalue weighted by Gasteiger charge is 2.14. The molecule has 0 radical (unpaired) electrons. The Labute approximate surface area is 117 Å². The van der Waals surface area contributed by atoms with Crippen molar-refractivity contribution in [3.63, 3.8) is 0 Å². The van der Waals surface area contributed by atoms with Crippen LogP contribution in [0.25, 0.3) is 0 Å². The van der Waals surface area contributed by atoms with Gasteiger partial charge in [-0.3, -0.25) is 4.98 Å². The lowest BCUT2D eigenvalue weighted by atomic mass is 10.1. The van der Waals surface area contributed by atoms with Crippen molar-refractivity contribution in [2.24, 2.45) is 0 Å². The molecule has 4 nitrogen and oxygen atoms in total. The third kappa shape index (κ3) is 4.48. The summed E-state index contributed by atoms with van der Waals surface area (Å²) >= 11 is 0. The molecular formula is C15H27N3O. The zero-order valence-electron chi connectivity index (χ0n) is 12.8. The molecule has 0 aromatic carbocycles. The molecule has 1 aromatic rings. The molecule has 0 aliphatic carbocycles. The van der Waals surface area contributed by atoms with E-state index in [4.69, 9.17) is 0 Å². The number of aliphatic hydroxyl groups is 1. The molecule has 0 saturated heterocycles. The van der Waals surface area contributed by atoms with Gasteiger partial charge in [0.2, 0.25) is 0 Å². The first-order valence-electron chi connectivity index (χ1n) is 7.04. The molecule has 0 aliphatic rings. The Morgan fingerprint density at radius 2 is 1.95 bits per heavy atom. The maximum atomic E-state index is 9.76. The number of rotatable bonds is 7. The number of nitrogens with zero attached hydrogens (tertiary/aromatic N) is 3. The van der Waals surface area contributed by atoms with Crippen LogP contribution in [-0.4, -0.2) is 48.2 Å². The van der Waals surface area contributed by atoms with Crippen LogP contribution >= 0.6 is 0 Å². The van der Waals surface area contributed by atoms with Gasteiger partial charge >= 0.3 is 0 Å². The van der Waals surface area contributed by atoms with Crippen molar-refractivity contribution in [1.29, 1.82) is 0 Å². The molecule has 0 fully saturated rings. The summed E-state index contributed by atoms with van der Waals surface area (Å²) in [5.41, 5.74) is 1.87. The molecule has 0 spiro atoms. The molecule has 1 N–H and O–H groups in total. The van der Waals surface area contributed by atoms with Crippen molar-refractivity contribution < 1.29 is 5.11 Å².